The number of Topliss-reactive ketones (excluding diaryl/α,β-unsaturated/α-hetero) is 2. The van der Waals surface area contributed by atoms with Crippen LogP contribution in [-0.2, 0) is 14.4 Å². The highest BCUT2D eigenvalue weighted by Gasteiger charge is 2.44. The van der Waals surface area contributed by atoms with E-state index in [9.17, 15) is 14.4 Å². The van der Waals surface area contributed by atoms with E-state index in [0.29, 0.717) is 24.9 Å². The molecule has 132 valence electrons. The van der Waals surface area contributed by atoms with E-state index in [4.69, 9.17) is 0 Å². The largest absolute Gasteiger partial charge is 0.299 e. The van der Waals surface area contributed by atoms with Crippen molar-refractivity contribution in [1.29, 1.82) is 0 Å². The fraction of sp³-hybridized carbons (Fsp3) is 0.500. The number of amides is 1. The standard InChI is InChI=1S/C20H24N2O3/c1-4-16-14(10-15-17(23)11-20(2,3)12-18(15)24)19(25)22(21-16)13-8-6-5-7-9-13/h5-9,14-15H,4,10-12H2,1-3H3. The summed E-state index contributed by atoms with van der Waals surface area (Å²) in [5, 5.41) is 5.87. The summed E-state index contributed by atoms with van der Waals surface area (Å²) in [6.07, 6.45) is 1.67. The molecule has 1 amide bonds. The molecule has 1 aromatic rings. The van der Waals surface area contributed by atoms with Crippen LogP contribution < -0.4 is 5.01 Å². The minimum Gasteiger partial charge on any atom is -0.299 e. The maximum absolute atomic E-state index is 12.9. The molecule has 5 heteroatoms. The second-order valence-electron chi connectivity index (χ2n) is 7.72. The van der Waals surface area contributed by atoms with Gasteiger partial charge in [-0.15, -0.1) is 0 Å². The first-order chi connectivity index (χ1) is 11.8. The van der Waals surface area contributed by atoms with Crippen LogP contribution in [0.25, 0.3) is 0 Å². The third kappa shape index (κ3) is 3.41. The van der Waals surface area contributed by atoms with Crippen molar-refractivity contribution in [3.05, 3.63) is 30.3 Å². The Morgan fingerprint density at radius 1 is 1.04 bits per heavy atom. The number of hydrogen-bond donors (Lipinski definition) is 0. The number of hydrazone groups is 1. The average Bonchev–Trinajstić information content (AvgIpc) is 2.87. The van der Waals surface area contributed by atoms with Gasteiger partial charge >= 0.3 is 0 Å². The van der Waals surface area contributed by atoms with E-state index >= 15 is 0 Å². The molecule has 1 saturated carbocycles. The van der Waals surface area contributed by atoms with Crippen molar-refractivity contribution in [2.45, 2.75) is 46.5 Å². The van der Waals surface area contributed by atoms with Crippen molar-refractivity contribution in [1.82, 2.24) is 0 Å². The Hall–Kier alpha value is -2.30. The van der Waals surface area contributed by atoms with E-state index in [1.54, 1.807) is 0 Å². The zero-order chi connectivity index (χ0) is 18.2. The summed E-state index contributed by atoms with van der Waals surface area (Å²) in [7, 11) is 0. The Bertz CT molecular complexity index is 717. The highest BCUT2D eigenvalue weighted by molar-refractivity contribution is 6.16. The average molecular weight is 340 g/mol. The van der Waals surface area contributed by atoms with E-state index in [-0.39, 0.29) is 29.3 Å². The van der Waals surface area contributed by atoms with Gasteiger partial charge < -0.3 is 0 Å². The molecule has 1 fully saturated rings. The number of ketones is 2. The number of carbonyl (C=O) groups is 3. The molecule has 2 aliphatic rings. The van der Waals surface area contributed by atoms with Gasteiger partial charge in [-0.1, -0.05) is 39.0 Å². The van der Waals surface area contributed by atoms with Crippen molar-refractivity contribution in [2.24, 2.45) is 22.4 Å². The number of hydrogen-bond acceptors (Lipinski definition) is 4. The Morgan fingerprint density at radius 2 is 1.64 bits per heavy atom. The summed E-state index contributed by atoms with van der Waals surface area (Å²) in [6.45, 7) is 5.83. The minimum atomic E-state index is -0.672. The van der Waals surface area contributed by atoms with E-state index in [1.807, 2.05) is 51.1 Å². The summed E-state index contributed by atoms with van der Waals surface area (Å²) >= 11 is 0. The molecule has 1 unspecified atom stereocenters. The van der Waals surface area contributed by atoms with Crippen molar-refractivity contribution in [3.63, 3.8) is 0 Å². The monoisotopic (exact) mass is 340 g/mol. The molecule has 1 aliphatic heterocycles. The lowest BCUT2D eigenvalue weighted by molar-refractivity contribution is -0.140. The Labute approximate surface area is 148 Å². The van der Waals surface area contributed by atoms with Crippen LogP contribution in [0.15, 0.2) is 35.4 Å². The molecule has 0 radical (unpaired) electrons. The highest BCUT2D eigenvalue weighted by Crippen LogP contribution is 2.38. The van der Waals surface area contributed by atoms with Crippen LogP contribution in [0.4, 0.5) is 5.69 Å². The van der Waals surface area contributed by atoms with Crippen LogP contribution >= 0.6 is 0 Å². The van der Waals surface area contributed by atoms with Crippen LogP contribution in [0.5, 0.6) is 0 Å². The first-order valence-corrected chi connectivity index (χ1v) is 8.84. The van der Waals surface area contributed by atoms with Gasteiger partial charge in [-0.3, -0.25) is 14.4 Å². The van der Waals surface area contributed by atoms with E-state index in [0.717, 1.165) is 5.71 Å². The zero-order valence-electron chi connectivity index (χ0n) is 15.0. The van der Waals surface area contributed by atoms with Crippen LogP contribution in [0, 0.1) is 17.3 Å². The maximum Gasteiger partial charge on any atom is 0.256 e. The third-order valence-corrected chi connectivity index (χ3v) is 5.05. The molecule has 1 heterocycles. The number of anilines is 1. The van der Waals surface area contributed by atoms with Crippen LogP contribution in [-0.4, -0.2) is 23.2 Å². The van der Waals surface area contributed by atoms with Gasteiger partial charge in [0.25, 0.3) is 5.91 Å². The molecule has 1 atom stereocenters. The first-order valence-electron chi connectivity index (χ1n) is 8.84. The van der Waals surface area contributed by atoms with Gasteiger partial charge in [-0.05, 0) is 30.4 Å². The maximum atomic E-state index is 12.9. The predicted molar refractivity (Wildman–Crippen MR) is 96.3 cm³/mol. The number of nitrogens with zero attached hydrogens (tertiary/aromatic N) is 2. The molecule has 5 nitrogen and oxygen atoms in total. The fourth-order valence-corrected chi connectivity index (χ4v) is 3.78. The van der Waals surface area contributed by atoms with Gasteiger partial charge in [0.1, 0.15) is 11.6 Å². The van der Waals surface area contributed by atoms with Crippen molar-refractivity contribution < 1.29 is 14.4 Å². The van der Waals surface area contributed by atoms with E-state index in [2.05, 4.69) is 5.10 Å². The fourth-order valence-electron chi connectivity index (χ4n) is 3.78. The molecule has 0 saturated heterocycles. The number of benzene rings is 1. The molecule has 0 aromatic heterocycles. The van der Waals surface area contributed by atoms with E-state index < -0.39 is 11.8 Å². The molecule has 1 aromatic carbocycles. The van der Waals surface area contributed by atoms with E-state index in [1.165, 1.54) is 5.01 Å². The molecular weight excluding hydrogens is 316 g/mol. The first kappa shape index (κ1) is 17.5. The molecular formula is C20H24N2O3. The summed E-state index contributed by atoms with van der Waals surface area (Å²) in [6, 6.07) is 9.25. The van der Waals surface area contributed by atoms with Crippen molar-refractivity contribution in [3.8, 4) is 0 Å². The van der Waals surface area contributed by atoms with Crippen molar-refractivity contribution in [2.75, 3.05) is 5.01 Å². The molecule has 0 N–H and O–H groups in total. The van der Waals surface area contributed by atoms with Gasteiger partial charge in [-0.25, -0.2) is 5.01 Å². The Morgan fingerprint density at radius 3 is 2.20 bits per heavy atom. The number of rotatable bonds is 4. The van der Waals surface area contributed by atoms with Gasteiger partial charge in [0.05, 0.1) is 23.2 Å². The quantitative estimate of drug-likeness (QED) is 0.789. The van der Waals surface area contributed by atoms with Gasteiger partial charge in [0, 0.05) is 12.8 Å². The van der Waals surface area contributed by atoms with Crippen LogP contribution in [0.3, 0.4) is 0 Å². The van der Waals surface area contributed by atoms with Crippen LogP contribution in [0.1, 0.15) is 46.5 Å². The normalized spacial score (nSPS) is 24.0. The van der Waals surface area contributed by atoms with Gasteiger partial charge in [0.2, 0.25) is 0 Å². The lowest BCUT2D eigenvalue weighted by Crippen LogP contribution is -2.40. The lowest BCUT2D eigenvalue weighted by Gasteiger charge is -2.32. The van der Waals surface area contributed by atoms with Gasteiger partial charge in [-0.2, -0.15) is 5.10 Å². The molecule has 0 bridgehead atoms. The Kier molecular flexibility index (Phi) is 4.58. The zero-order valence-corrected chi connectivity index (χ0v) is 15.0. The highest BCUT2D eigenvalue weighted by atomic mass is 16.2. The third-order valence-electron chi connectivity index (χ3n) is 5.05. The smallest absolute Gasteiger partial charge is 0.256 e. The minimum absolute atomic E-state index is 0.0392. The molecule has 0 spiro atoms. The summed E-state index contributed by atoms with van der Waals surface area (Å²) in [5.74, 6) is -1.38. The second-order valence-corrected chi connectivity index (χ2v) is 7.72. The second kappa shape index (κ2) is 6.54. The summed E-state index contributed by atoms with van der Waals surface area (Å²) in [4.78, 5) is 37.8. The Balaban J connectivity index is 1.81. The van der Waals surface area contributed by atoms with Crippen molar-refractivity contribution >= 4 is 28.9 Å². The molecule has 25 heavy (non-hydrogen) atoms. The molecule has 3 rings (SSSR count). The number of para-hydroxylation sites is 1. The predicted octanol–water partition coefficient (Wildman–Crippen LogP) is 3.38. The SMILES string of the molecule is CCC1=NN(c2ccccc2)C(=O)C1CC1C(=O)CC(C)(C)CC1=O. The summed E-state index contributed by atoms with van der Waals surface area (Å²) in [5.41, 5.74) is 1.19. The number of carbonyl (C=O) groups excluding carboxylic acids is 3. The lowest BCUT2D eigenvalue weighted by atomic mass is 9.69. The van der Waals surface area contributed by atoms with Crippen LogP contribution in [0.2, 0.25) is 0 Å². The topological polar surface area (TPSA) is 66.8 Å². The molecule has 1 aliphatic carbocycles. The van der Waals surface area contributed by atoms with Gasteiger partial charge in [0.15, 0.2) is 0 Å². The summed E-state index contributed by atoms with van der Waals surface area (Å²) < 4.78 is 0.